The topological polar surface area (TPSA) is 89.4 Å². The minimum atomic E-state index is -2.73. The summed E-state index contributed by atoms with van der Waals surface area (Å²) >= 11 is 0. The average molecular weight is 286 g/mol. The van der Waals surface area contributed by atoms with Crippen molar-refractivity contribution in [3.8, 4) is 5.75 Å². The van der Waals surface area contributed by atoms with Crippen LogP contribution < -0.4 is 5.73 Å². The van der Waals surface area contributed by atoms with Crippen molar-refractivity contribution in [1.82, 2.24) is 0 Å². The third-order valence-corrected chi connectivity index (χ3v) is 4.09. The van der Waals surface area contributed by atoms with Crippen molar-refractivity contribution in [3.63, 3.8) is 0 Å². The number of nitro benzene ring substituents is 1. The molecule has 1 aromatic carbocycles. The van der Waals surface area contributed by atoms with Crippen LogP contribution in [0.15, 0.2) is 18.2 Å². The van der Waals surface area contributed by atoms with Crippen molar-refractivity contribution in [2.45, 2.75) is 37.0 Å². The van der Waals surface area contributed by atoms with Crippen LogP contribution in [-0.4, -0.2) is 22.5 Å². The van der Waals surface area contributed by atoms with Gasteiger partial charge in [-0.3, -0.25) is 10.1 Å². The molecule has 7 heteroatoms. The Balaban J connectivity index is 2.42. The van der Waals surface area contributed by atoms with Gasteiger partial charge in [-0.1, -0.05) is 0 Å². The summed E-state index contributed by atoms with van der Waals surface area (Å²) in [4.78, 5) is 10.2. The van der Waals surface area contributed by atoms with Crippen molar-refractivity contribution >= 4 is 5.69 Å². The molecule has 0 bridgehead atoms. The summed E-state index contributed by atoms with van der Waals surface area (Å²) in [7, 11) is 0. The first-order valence-corrected chi connectivity index (χ1v) is 6.35. The summed E-state index contributed by atoms with van der Waals surface area (Å²) < 4.78 is 26.6. The number of hydrogen-bond acceptors (Lipinski definition) is 4. The number of nitrogens with zero attached hydrogens (tertiary/aromatic N) is 1. The highest BCUT2D eigenvalue weighted by Gasteiger charge is 2.45. The Morgan fingerprint density at radius 2 is 1.90 bits per heavy atom. The monoisotopic (exact) mass is 286 g/mol. The second-order valence-electron chi connectivity index (χ2n) is 5.30. The van der Waals surface area contributed by atoms with Crippen LogP contribution in [-0.2, 0) is 5.41 Å². The maximum atomic E-state index is 13.3. The Morgan fingerprint density at radius 3 is 2.40 bits per heavy atom. The van der Waals surface area contributed by atoms with E-state index in [1.807, 2.05) is 0 Å². The van der Waals surface area contributed by atoms with E-state index in [0.29, 0.717) is 5.56 Å². The van der Waals surface area contributed by atoms with E-state index in [1.165, 1.54) is 18.2 Å². The van der Waals surface area contributed by atoms with Crippen LogP contribution in [0.2, 0.25) is 0 Å². The molecule has 0 saturated heterocycles. The van der Waals surface area contributed by atoms with Gasteiger partial charge in [0.25, 0.3) is 5.69 Å². The summed E-state index contributed by atoms with van der Waals surface area (Å²) in [6.45, 7) is 0.0673. The first-order chi connectivity index (χ1) is 9.30. The second-order valence-corrected chi connectivity index (χ2v) is 5.30. The Kier molecular flexibility index (Phi) is 3.64. The zero-order chi connectivity index (χ0) is 15.0. The van der Waals surface area contributed by atoms with E-state index >= 15 is 0 Å². The number of halogens is 2. The molecule has 0 amide bonds. The van der Waals surface area contributed by atoms with Gasteiger partial charge in [-0.15, -0.1) is 0 Å². The maximum absolute atomic E-state index is 13.3. The van der Waals surface area contributed by atoms with Gasteiger partial charge in [-0.2, -0.15) is 0 Å². The SMILES string of the molecule is NCC1(c2cc([N+](=O)[O-])ccc2O)CCC(F)(F)CC1. The van der Waals surface area contributed by atoms with E-state index in [2.05, 4.69) is 0 Å². The highest BCUT2D eigenvalue weighted by molar-refractivity contribution is 5.47. The Bertz CT molecular complexity index is 524. The molecule has 110 valence electrons. The molecule has 0 heterocycles. The van der Waals surface area contributed by atoms with Gasteiger partial charge in [0.05, 0.1) is 4.92 Å². The molecule has 1 fully saturated rings. The van der Waals surface area contributed by atoms with Gasteiger partial charge < -0.3 is 10.8 Å². The molecule has 1 aliphatic rings. The molecule has 0 spiro atoms. The number of nitrogens with two attached hydrogens (primary N) is 1. The average Bonchev–Trinajstić information content (AvgIpc) is 2.40. The standard InChI is InChI=1S/C13H16F2N2O3/c14-13(15)5-3-12(8-16,4-6-13)10-7-9(17(19)20)1-2-11(10)18/h1-2,7,18H,3-6,8,16H2. The largest absolute Gasteiger partial charge is 0.508 e. The molecule has 5 nitrogen and oxygen atoms in total. The number of phenolic OH excluding ortho intramolecular Hbond substituents is 1. The number of phenols is 1. The number of benzene rings is 1. The van der Waals surface area contributed by atoms with Crippen molar-refractivity contribution in [1.29, 1.82) is 0 Å². The van der Waals surface area contributed by atoms with E-state index in [-0.39, 0.29) is 43.7 Å². The van der Waals surface area contributed by atoms with Crippen LogP contribution >= 0.6 is 0 Å². The molecular formula is C13H16F2N2O3. The van der Waals surface area contributed by atoms with Crippen molar-refractivity contribution in [3.05, 3.63) is 33.9 Å². The lowest BCUT2D eigenvalue weighted by Crippen LogP contribution is -2.42. The maximum Gasteiger partial charge on any atom is 0.269 e. The van der Waals surface area contributed by atoms with Crippen molar-refractivity contribution < 1.29 is 18.8 Å². The molecule has 2 rings (SSSR count). The third kappa shape index (κ3) is 2.58. The number of nitro groups is 1. The normalized spacial score (nSPS) is 20.6. The zero-order valence-electron chi connectivity index (χ0n) is 10.8. The lowest BCUT2D eigenvalue weighted by molar-refractivity contribution is -0.385. The molecule has 0 atom stereocenters. The first kappa shape index (κ1) is 14.6. The number of non-ortho nitro benzene ring substituents is 1. The van der Waals surface area contributed by atoms with Crippen LogP contribution in [0.25, 0.3) is 0 Å². The molecule has 20 heavy (non-hydrogen) atoms. The Morgan fingerprint density at radius 1 is 1.30 bits per heavy atom. The lowest BCUT2D eigenvalue weighted by atomic mass is 9.68. The minimum Gasteiger partial charge on any atom is -0.508 e. The summed E-state index contributed by atoms with van der Waals surface area (Å²) in [6.07, 6.45) is -0.449. The molecular weight excluding hydrogens is 270 g/mol. The Hall–Kier alpha value is -1.76. The summed E-state index contributed by atoms with van der Waals surface area (Å²) in [6, 6.07) is 3.64. The number of aromatic hydroxyl groups is 1. The number of hydrogen-bond donors (Lipinski definition) is 2. The van der Waals surface area contributed by atoms with E-state index in [9.17, 15) is 24.0 Å². The van der Waals surface area contributed by atoms with Crippen LogP contribution in [0.5, 0.6) is 5.75 Å². The van der Waals surface area contributed by atoms with Gasteiger partial charge >= 0.3 is 0 Å². The molecule has 0 aliphatic heterocycles. The van der Waals surface area contributed by atoms with Gasteiger partial charge in [-0.25, -0.2) is 8.78 Å². The van der Waals surface area contributed by atoms with E-state index < -0.39 is 16.3 Å². The molecule has 0 aromatic heterocycles. The summed E-state index contributed by atoms with van der Waals surface area (Å²) in [5.74, 6) is -2.86. The molecule has 1 saturated carbocycles. The van der Waals surface area contributed by atoms with Gasteiger partial charge in [0.2, 0.25) is 5.92 Å². The number of alkyl halides is 2. The van der Waals surface area contributed by atoms with Crippen LogP contribution in [0, 0.1) is 10.1 Å². The highest BCUT2D eigenvalue weighted by Crippen LogP contribution is 2.47. The zero-order valence-corrected chi connectivity index (χ0v) is 10.8. The fourth-order valence-corrected chi connectivity index (χ4v) is 2.74. The fraction of sp³-hybridized carbons (Fsp3) is 0.538. The van der Waals surface area contributed by atoms with Gasteiger partial charge in [0.15, 0.2) is 0 Å². The molecule has 1 aliphatic carbocycles. The predicted molar refractivity (Wildman–Crippen MR) is 68.9 cm³/mol. The van der Waals surface area contributed by atoms with Gasteiger partial charge in [0, 0.05) is 42.5 Å². The Labute approximate surface area is 114 Å². The van der Waals surface area contributed by atoms with E-state index in [1.54, 1.807) is 0 Å². The second kappa shape index (κ2) is 4.97. The van der Waals surface area contributed by atoms with Crippen molar-refractivity contribution in [2.24, 2.45) is 5.73 Å². The first-order valence-electron chi connectivity index (χ1n) is 6.35. The quantitative estimate of drug-likeness (QED) is 0.660. The van der Waals surface area contributed by atoms with Gasteiger partial charge in [-0.05, 0) is 18.9 Å². The summed E-state index contributed by atoms with van der Waals surface area (Å²) in [5.41, 5.74) is 5.02. The smallest absolute Gasteiger partial charge is 0.269 e. The highest BCUT2D eigenvalue weighted by atomic mass is 19.3. The third-order valence-electron chi connectivity index (χ3n) is 4.09. The van der Waals surface area contributed by atoms with Crippen LogP contribution in [0.3, 0.4) is 0 Å². The predicted octanol–water partition coefficient (Wildman–Crippen LogP) is 2.71. The van der Waals surface area contributed by atoms with Crippen LogP contribution in [0.1, 0.15) is 31.2 Å². The van der Waals surface area contributed by atoms with E-state index in [4.69, 9.17) is 5.73 Å². The van der Waals surface area contributed by atoms with Gasteiger partial charge in [0.1, 0.15) is 5.75 Å². The molecule has 1 aromatic rings. The minimum absolute atomic E-state index is 0.0673. The lowest BCUT2D eigenvalue weighted by Gasteiger charge is -2.39. The van der Waals surface area contributed by atoms with E-state index in [0.717, 1.165) is 0 Å². The number of rotatable bonds is 3. The fourth-order valence-electron chi connectivity index (χ4n) is 2.74. The molecule has 0 unspecified atom stereocenters. The molecule has 0 radical (unpaired) electrons. The van der Waals surface area contributed by atoms with Crippen LogP contribution in [0.4, 0.5) is 14.5 Å². The molecule has 3 N–H and O–H groups in total. The summed E-state index contributed by atoms with van der Waals surface area (Å²) in [5, 5.41) is 20.7. The van der Waals surface area contributed by atoms with Crippen molar-refractivity contribution in [2.75, 3.05) is 6.54 Å².